The first-order chi connectivity index (χ1) is 6.87. The van der Waals surface area contributed by atoms with Crippen molar-refractivity contribution in [2.24, 2.45) is 5.92 Å². The molecule has 0 aromatic rings. The molecular formula is C10H18O5. The van der Waals surface area contributed by atoms with Gasteiger partial charge in [-0.15, -0.1) is 0 Å². The van der Waals surface area contributed by atoms with Crippen LogP contribution < -0.4 is 0 Å². The van der Waals surface area contributed by atoms with E-state index in [0.717, 1.165) is 0 Å². The lowest BCUT2D eigenvalue weighted by Crippen LogP contribution is -2.39. The van der Waals surface area contributed by atoms with E-state index in [2.05, 4.69) is 4.74 Å². The van der Waals surface area contributed by atoms with Crippen LogP contribution in [0.2, 0.25) is 0 Å². The molecule has 1 heterocycles. The zero-order chi connectivity index (χ0) is 11.6. The maximum atomic E-state index is 11.2. The summed E-state index contributed by atoms with van der Waals surface area (Å²) >= 11 is 0. The Morgan fingerprint density at radius 2 is 2.20 bits per heavy atom. The van der Waals surface area contributed by atoms with Gasteiger partial charge in [0.05, 0.1) is 25.7 Å². The SMILES string of the molecule is COC(=O)C(C)[C@H](O)[C@H]1COC(C)(C)O1. The predicted octanol–water partition coefficient (Wildman–Crippen LogP) is 0.308. The molecule has 1 saturated heterocycles. The van der Waals surface area contributed by atoms with Gasteiger partial charge in [0.25, 0.3) is 0 Å². The number of hydrogen-bond donors (Lipinski definition) is 1. The molecule has 0 aromatic carbocycles. The lowest BCUT2D eigenvalue weighted by atomic mass is 10.0. The van der Waals surface area contributed by atoms with E-state index in [1.165, 1.54) is 7.11 Å². The summed E-state index contributed by atoms with van der Waals surface area (Å²) in [4.78, 5) is 11.2. The summed E-state index contributed by atoms with van der Waals surface area (Å²) in [6.07, 6.45) is -1.38. The number of hydrogen-bond acceptors (Lipinski definition) is 5. The lowest BCUT2D eigenvalue weighted by molar-refractivity contribution is -0.165. The summed E-state index contributed by atoms with van der Waals surface area (Å²) in [5, 5.41) is 9.85. The van der Waals surface area contributed by atoms with Crippen LogP contribution in [0, 0.1) is 5.92 Å². The molecule has 1 fully saturated rings. The normalized spacial score (nSPS) is 28.5. The molecule has 1 aliphatic heterocycles. The van der Waals surface area contributed by atoms with Crippen LogP contribution in [0.15, 0.2) is 0 Å². The van der Waals surface area contributed by atoms with Gasteiger partial charge >= 0.3 is 5.97 Å². The Kier molecular flexibility index (Phi) is 3.70. The summed E-state index contributed by atoms with van der Waals surface area (Å²) in [6, 6.07) is 0. The van der Waals surface area contributed by atoms with Crippen LogP contribution in [0.25, 0.3) is 0 Å². The first-order valence-electron chi connectivity index (χ1n) is 4.95. The fourth-order valence-electron chi connectivity index (χ4n) is 1.53. The third kappa shape index (κ3) is 2.90. The Morgan fingerprint density at radius 3 is 2.60 bits per heavy atom. The second kappa shape index (κ2) is 4.47. The Morgan fingerprint density at radius 1 is 1.60 bits per heavy atom. The molecule has 1 N–H and O–H groups in total. The molecule has 1 rings (SSSR count). The van der Waals surface area contributed by atoms with Crippen LogP contribution in [0.3, 0.4) is 0 Å². The van der Waals surface area contributed by atoms with Gasteiger partial charge in [-0.3, -0.25) is 4.79 Å². The number of methoxy groups -OCH3 is 1. The van der Waals surface area contributed by atoms with Gasteiger partial charge in [0, 0.05) is 0 Å². The van der Waals surface area contributed by atoms with Crippen LogP contribution in [0.4, 0.5) is 0 Å². The molecule has 5 nitrogen and oxygen atoms in total. The van der Waals surface area contributed by atoms with Gasteiger partial charge in [-0.05, 0) is 20.8 Å². The number of carbonyl (C=O) groups excluding carboxylic acids is 1. The van der Waals surface area contributed by atoms with Crippen molar-refractivity contribution in [3.05, 3.63) is 0 Å². The van der Waals surface area contributed by atoms with Crippen molar-refractivity contribution in [3.63, 3.8) is 0 Å². The van der Waals surface area contributed by atoms with Crippen LogP contribution in [-0.2, 0) is 19.0 Å². The molecule has 88 valence electrons. The Labute approximate surface area is 89.3 Å². The molecule has 0 aromatic heterocycles. The van der Waals surface area contributed by atoms with Crippen molar-refractivity contribution in [1.29, 1.82) is 0 Å². The van der Waals surface area contributed by atoms with Crippen molar-refractivity contribution < 1.29 is 24.1 Å². The standard InChI is InChI=1S/C10H18O5/c1-6(9(12)13-4)8(11)7-5-14-10(2,3)15-7/h6-8,11H,5H2,1-4H3/t6?,7-,8+/m1/s1. The third-order valence-corrected chi connectivity index (χ3v) is 2.50. The molecular weight excluding hydrogens is 200 g/mol. The quantitative estimate of drug-likeness (QED) is 0.690. The lowest BCUT2D eigenvalue weighted by Gasteiger charge is -2.23. The molecule has 3 atom stereocenters. The highest BCUT2D eigenvalue weighted by Gasteiger charge is 2.40. The summed E-state index contributed by atoms with van der Waals surface area (Å²) < 4.78 is 15.3. The number of aliphatic hydroxyl groups excluding tert-OH is 1. The molecule has 1 aliphatic rings. The van der Waals surface area contributed by atoms with Crippen molar-refractivity contribution >= 4 is 5.97 Å². The van der Waals surface area contributed by atoms with Crippen LogP contribution in [0.1, 0.15) is 20.8 Å². The summed E-state index contributed by atoms with van der Waals surface area (Å²) in [6.45, 7) is 5.42. The number of esters is 1. The van der Waals surface area contributed by atoms with Gasteiger partial charge in [-0.25, -0.2) is 0 Å². The van der Waals surface area contributed by atoms with Gasteiger partial charge in [-0.1, -0.05) is 0 Å². The molecule has 5 heteroatoms. The smallest absolute Gasteiger partial charge is 0.311 e. The van der Waals surface area contributed by atoms with E-state index in [9.17, 15) is 9.90 Å². The molecule has 0 saturated carbocycles. The Hall–Kier alpha value is -0.650. The molecule has 0 radical (unpaired) electrons. The van der Waals surface area contributed by atoms with E-state index in [0.29, 0.717) is 0 Å². The highest BCUT2D eigenvalue weighted by Crippen LogP contribution is 2.26. The van der Waals surface area contributed by atoms with Crippen molar-refractivity contribution in [2.45, 2.75) is 38.8 Å². The van der Waals surface area contributed by atoms with Crippen molar-refractivity contribution in [3.8, 4) is 0 Å². The Balaban J connectivity index is 2.55. The molecule has 0 bridgehead atoms. The fraction of sp³-hybridized carbons (Fsp3) is 0.900. The highest BCUT2D eigenvalue weighted by atomic mass is 16.7. The van der Waals surface area contributed by atoms with Crippen molar-refractivity contribution in [2.75, 3.05) is 13.7 Å². The van der Waals surface area contributed by atoms with Gasteiger partial charge in [0.1, 0.15) is 6.10 Å². The van der Waals surface area contributed by atoms with E-state index in [4.69, 9.17) is 9.47 Å². The second-order valence-corrected chi connectivity index (χ2v) is 4.17. The number of ether oxygens (including phenoxy) is 3. The molecule has 0 spiro atoms. The van der Waals surface area contributed by atoms with E-state index in [1.807, 2.05) is 0 Å². The van der Waals surface area contributed by atoms with Crippen LogP contribution in [0.5, 0.6) is 0 Å². The number of aliphatic hydroxyl groups is 1. The summed E-state index contributed by atoms with van der Waals surface area (Å²) in [5.41, 5.74) is 0. The predicted molar refractivity (Wildman–Crippen MR) is 52.1 cm³/mol. The molecule has 0 amide bonds. The monoisotopic (exact) mass is 218 g/mol. The number of rotatable bonds is 3. The average Bonchev–Trinajstić information content (AvgIpc) is 2.55. The minimum atomic E-state index is -0.903. The second-order valence-electron chi connectivity index (χ2n) is 4.17. The van der Waals surface area contributed by atoms with Crippen molar-refractivity contribution in [1.82, 2.24) is 0 Å². The maximum absolute atomic E-state index is 11.2. The van der Waals surface area contributed by atoms with E-state index in [-0.39, 0.29) is 6.61 Å². The highest BCUT2D eigenvalue weighted by molar-refractivity contribution is 5.72. The summed E-state index contributed by atoms with van der Waals surface area (Å²) in [5.74, 6) is -1.75. The molecule has 15 heavy (non-hydrogen) atoms. The van der Waals surface area contributed by atoms with E-state index >= 15 is 0 Å². The van der Waals surface area contributed by atoms with Crippen LogP contribution in [-0.4, -0.2) is 42.8 Å². The minimum absolute atomic E-state index is 0.287. The first kappa shape index (κ1) is 12.4. The van der Waals surface area contributed by atoms with E-state index in [1.54, 1.807) is 20.8 Å². The van der Waals surface area contributed by atoms with Gasteiger partial charge in [-0.2, -0.15) is 0 Å². The zero-order valence-corrected chi connectivity index (χ0v) is 9.52. The van der Waals surface area contributed by atoms with Gasteiger partial charge < -0.3 is 19.3 Å². The molecule has 0 aliphatic carbocycles. The fourth-order valence-corrected chi connectivity index (χ4v) is 1.53. The molecule has 1 unspecified atom stereocenters. The zero-order valence-electron chi connectivity index (χ0n) is 9.52. The largest absolute Gasteiger partial charge is 0.469 e. The number of carbonyl (C=O) groups is 1. The van der Waals surface area contributed by atoms with Gasteiger partial charge in [0.15, 0.2) is 5.79 Å². The summed E-state index contributed by atoms with van der Waals surface area (Å²) in [7, 11) is 1.29. The average molecular weight is 218 g/mol. The van der Waals surface area contributed by atoms with Gasteiger partial charge in [0.2, 0.25) is 0 Å². The first-order valence-corrected chi connectivity index (χ1v) is 4.95. The Bertz CT molecular complexity index is 238. The topological polar surface area (TPSA) is 65.0 Å². The maximum Gasteiger partial charge on any atom is 0.311 e. The minimum Gasteiger partial charge on any atom is -0.469 e. The van der Waals surface area contributed by atoms with Crippen LogP contribution >= 0.6 is 0 Å². The third-order valence-electron chi connectivity index (χ3n) is 2.50. The van der Waals surface area contributed by atoms with E-state index < -0.39 is 29.9 Å².